The van der Waals surface area contributed by atoms with Crippen LogP contribution in [0, 0.1) is 0 Å². The minimum absolute atomic E-state index is 0.0448. The molecule has 35 heavy (non-hydrogen) atoms. The van der Waals surface area contributed by atoms with Crippen LogP contribution in [-0.2, 0) is 36.3 Å². The first-order valence-electron chi connectivity index (χ1n) is 9.52. The van der Waals surface area contributed by atoms with Crippen LogP contribution in [0.5, 0.6) is 0 Å². The van der Waals surface area contributed by atoms with Gasteiger partial charge in [0.15, 0.2) is 11.8 Å². The maximum Gasteiger partial charge on any atom is 0.416 e. The predicted molar refractivity (Wildman–Crippen MR) is 111 cm³/mol. The molecular weight excluding hydrogens is 486 g/mol. The molecular formula is C22H18F6N2O5. The van der Waals surface area contributed by atoms with Gasteiger partial charge in [0.1, 0.15) is 7.11 Å². The van der Waals surface area contributed by atoms with Crippen molar-refractivity contribution >= 4 is 23.8 Å². The van der Waals surface area contributed by atoms with E-state index in [4.69, 9.17) is 4.74 Å². The molecule has 188 valence electrons. The fourth-order valence-corrected chi connectivity index (χ4v) is 2.95. The summed E-state index contributed by atoms with van der Waals surface area (Å²) in [5.41, 5.74) is -3.92. The topological polar surface area (TPSA) is 86.5 Å². The molecule has 1 unspecified atom stereocenters. The molecule has 0 bridgehead atoms. The van der Waals surface area contributed by atoms with E-state index in [1.807, 2.05) is 0 Å². The number of carbonyl (C=O) groups excluding carboxylic acids is 2. The Hall–Kier alpha value is -3.74. The summed E-state index contributed by atoms with van der Waals surface area (Å²) >= 11 is 0. The normalized spacial score (nSPS) is 13.6. The van der Waals surface area contributed by atoms with Gasteiger partial charge in [0, 0.05) is 24.5 Å². The number of rotatable bonds is 7. The Bertz CT molecular complexity index is 1110. The molecule has 1 atom stereocenters. The first-order valence-corrected chi connectivity index (χ1v) is 9.52. The Morgan fingerprint density at radius 3 is 1.97 bits per heavy atom. The molecule has 0 saturated heterocycles. The van der Waals surface area contributed by atoms with E-state index in [9.17, 15) is 35.9 Å². The third-order valence-electron chi connectivity index (χ3n) is 4.47. The zero-order chi connectivity index (χ0) is 26.4. The molecule has 0 saturated carbocycles. The minimum Gasteiger partial charge on any atom is -0.464 e. The summed E-state index contributed by atoms with van der Waals surface area (Å²) in [5.74, 6) is -1.98. The maximum atomic E-state index is 13.1. The summed E-state index contributed by atoms with van der Waals surface area (Å²) in [6, 6.07) is 6.58. The lowest BCUT2D eigenvalue weighted by Gasteiger charge is -2.16. The summed E-state index contributed by atoms with van der Waals surface area (Å²) < 4.78 is 88.1. The second-order valence-electron chi connectivity index (χ2n) is 6.75. The fraction of sp³-hybridized carbons (Fsp3) is 0.273. The fourth-order valence-electron chi connectivity index (χ4n) is 2.95. The number of methoxy groups -OCH3 is 2. The lowest BCUT2D eigenvalue weighted by molar-refractivity contribution is -0.143. The number of hydrogen-bond donors (Lipinski definition) is 0. The van der Waals surface area contributed by atoms with Crippen LogP contribution in [0.15, 0.2) is 52.6 Å². The van der Waals surface area contributed by atoms with Gasteiger partial charge in [-0.2, -0.15) is 26.3 Å². The van der Waals surface area contributed by atoms with Gasteiger partial charge in [-0.05, 0) is 23.8 Å². The highest BCUT2D eigenvalue weighted by Gasteiger charge is 2.37. The van der Waals surface area contributed by atoms with Gasteiger partial charge in [-0.15, -0.1) is 0 Å². The highest BCUT2D eigenvalue weighted by atomic mass is 19.4. The van der Waals surface area contributed by atoms with E-state index in [-0.39, 0.29) is 22.9 Å². The molecule has 1 amide bonds. The average Bonchev–Trinajstić information content (AvgIpc) is 2.80. The zero-order valence-corrected chi connectivity index (χ0v) is 18.4. The molecule has 0 fully saturated rings. The SMILES string of the molecule is CO/N=C(\C(=O)OC)c1ccccc1C(OC)C(=O)N=Cc1cc(C(F)(F)F)cc(C(F)(F)F)c1. The number of oxime groups is 1. The zero-order valence-electron chi connectivity index (χ0n) is 18.4. The first-order chi connectivity index (χ1) is 16.3. The van der Waals surface area contributed by atoms with Crippen LogP contribution in [0.2, 0.25) is 0 Å². The van der Waals surface area contributed by atoms with Crippen LogP contribution in [0.4, 0.5) is 26.3 Å². The third kappa shape index (κ3) is 6.88. The van der Waals surface area contributed by atoms with Crippen LogP contribution >= 0.6 is 0 Å². The lowest BCUT2D eigenvalue weighted by Crippen LogP contribution is -2.22. The van der Waals surface area contributed by atoms with E-state index in [1.54, 1.807) is 0 Å². The largest absolute Gasteiger partial charge is 0.464 e. The highest BCUT2D eigenvalue weighted by Crippen LogP contribution is 2.36. The van der Waals surface area contributed by atoms with Crippen molar-refractivity contribution in [1.29, 1.82) is 0 Å². The van der Waals surface area contributed by atoms with E-state index in [0.717, 1.165) is 14.2 Å². The summed E-state index contributed by atoms with van der Waals surface area (Å²) in [7, 11) is 3.37. The Balaban J connectivity index is 2.50. The standard InChI is InChI=1S/C22H18F6N2O5/c1-33-18(16-7-5-4-6-15(16)17(30-35-3)20(32)34-2)19(31)29-11-12-8-13(21(23,24)25)10-14(9-12)22(26,27)28/h4-11,18H,1-3H3/b29-11?,30-17-. The Labute approximate surface area is 195 Å². The van der Waals surface area contributed by atoms with Gasteiger partial charge in [0.05, 0.1) is 18.2 Å². The van der Waals surface area contributed by atoms with Gasteiger partial charge in [-0.25, -0.2) is 9.79 Å². The lowest BCUT2D eigenvalue weighted by atomic mass is 9.98. The Kier molecular flexibility index (Phi) is 8.74. The highest BCUT2D eigenvalue weighted by molar-refractivity contribution is 6.43. The molecule has 0 heterocycles. The number of halogens is 6. The van der Waals surface area contributed by atoms with Crippen molar-refractivity contribution in [1.82, 2.24) is 0 Å². The number of carbonyl (C=O) groups is 2. The van der Waals surface area contributed by atoms with Crippen molar-refractivity contribution in [3.05, 3.63) is 70.3 Å². The minimum atomic E-state index is -5.06. The summed E-state index contributed by atoms with van der Waals surface area (Å²) in [5, 5.41) is 3.58. The van der Waals surface area contributed by atoms with Crippen LogP contribution < -0.4 is 0 Å². The number of hydrogen-bond acceptors (Lipinski definition) is 6. The number of amides is 1. The molecule has 2 aromatic carbocycles. The second kappa shape index (κ2) is 11.1. The quantitative estimate of drug-likeness (QED) is 0.239. The molecule has 7 nitrogen and oxygen atoms in total. The molecule has 2 aromatic rings. The molecule has 0 aliphatic rings. The third-order valence-corrected chi connectivity index (χ3v) is 4.47. The number of nitrogens with zero attached hydrogens (tertiary/aromatic N) is 2. The van der Waals surface area contributed by atoms with E-state index < -0.39 is 47.0 Å². The molecule has 0 radical (unpaired) electrons. The molecule has 0 aromatic heterocycles. The second-order valence-corrected chi connectivity index (χ2v) is 6.75. The Morgan fingerprint density at radius 2 is 1.49 bits per heavy atom. The van der Waals surface area contributed by atoms with Crippen molar-refractivity contribution in [2.45, 2.75) is 18.5 Å². The van der Waals surface area contributed by atoms with Gasteiger partial charge in [0.2, 0.25) is 0 Å². The molecule has 2 rings (SSSR count). The molecule has 0 aliphatic heterocycles. The van der Waals surface area contributed by atoms with Crippen molar-refractivity contribution in [2.24, 2.45) is 10.1 Å². The number of ether oxygens (including phenoxy) is 2. The van der Waals surface area contributed by atoms with E-state index >= 15 is 0 Å². The molecule has 0 aliphatic carbocycles. The van der Waals surface area contributed by atoms with Crippen LogP contribution in [-0.4, -0.2) is 45.1 Å². The molecule has 0 N–H and O–H groups in total. The van der Waals surface area contributed by atoms with Gasteiger partial charge < -0.3 is 14.3 Å². The number of benzene rings is 2. The summed E-state index contributed by atoms with van der Waals surface area (Å²) in [6.07, 6.45) is -11.1. The van der Waals surface area contributed by atoms with Crippen LogP contribution in [0.3, 0.4) is 0 Å². The van der Waals surface area contributed by atoms with E-state index in [1.165, 1.54) is 31.4 Å². The summed E-state index contributed by atoms with van der Waals surface area (Å²) in [6.45, 7) is 0. The monoisotopic (exact) mass is 504 g/mol. The van der Waals surface area contributed by atoms with Crippen LogP contribution in [0.25, 0.3) is 0 Å². The van der Waals surface area contributed by atoms with Gasteiger partial charge >= 0.3 is 18.3 Å². The van der Waals surface area contributed by atoms with Crippen molar-refractivity contribution in [2.75, 3.05) is 21.3 Å². The summed E-state index contributed by atoms with van der Waals surface area (Å²) in [4.78, 5) is 33.0. The van der Waals surface area contributed by atoms with E-state index in [2.05, 4.69) is 19.7 Å². The van der Waals surface area contributed by atoms with Gasteiger partial charge in [-0.3, -0.25) is 4.79 Å². The van der Waals surface area contributed by atoms with E-state index in [0.29, 0.717) is 18.3 Å². The molecule has 13 heteroatoms. The predicted octanol–water partition coefficient (Wildman–Crippen LogP) is 4.58. The van der Waals surface area contributed by atoms with Gasteiger partial charge in [-0.1, -0.05) is 29.4 Å². The molecule has 0 spiro atoms. The average molecular weight is 504 g/mol. The Morgan fingerprint density at radius 1 is 0.914 bits per heavy atom. The van der Waals surface area contributed by atoms with Crippen LogP contribution in [0.1, 0.15) is 33.9 Å². The number of esters is 1. The van der Waals surface area contributed by atoms with Crippen molar-refractivity contribution < 1.29 is 50.2 Å². The first kappa shape index (κ1) is 27.5. The van der Waals surface area contributed by atoms with Crippen molar-refractivity contribution in [3.8, 4) is 0 Å². The smallest absolute Gasteiger partial charge is 0.416 e. The van der Waals surface area contributed by atoms with Gasteiger partial charge in [0.25, 0.3) is 5.91 Å². The van der Waals surface area contributed by atoms with Crippen molar-refractivity contribution in [3.63, 3.8) is 0 Å². The number of alkyl halides is 6. The number of aliphatic imine (C=N–C) groups is 1. The maximum absolute atomic E-state index is 13.1.